The monoisotopic (exact) mass is 573 g/mol. The Balaban J connectivity index is 0.000000532. The Kier molecular flexibility index (Phi) is 9.69. The highest BCUT2D eigenvalue weighted by molar-refractivity contribution is 7.20. The van der Waals surface area contributed by atoms with Crippen molar-refractivity contribution >= 4 is 39.3 Å². The Morgan fingerprint density at radius 1 is 1.08 bits per heavy atom. The second-order valence-electron chi connectivity index (χ2n) is 11.5. The summed E-state index contributed by atoms with van der Waals surface area (Å²) in [5, 5.41) is 16.2. The lowest BCUT2D eigenvalue weighted by Crippen LogP contribution is -2.53. The predicted octanol–water partition coefficient (Wildman–Crippen LogP) is 4.29. The number of carbonyl (C=O) groups is 3. The fourth-order valence-corrected chi connectivity index (χ4v) is 6.09. The highest BCUT2D eigenvalue weighted by Crippen LogP contribution is 2.31. The number of hydrogen-bond acceptors (Lipinski definition) is 6. The molecule has 0 radical (unpaired) electrons. The van der Waals surface area contributed by atoms with Crippen LogP contribution < -0.4 is 5.32 Å². The third kappa shape index (κ3) is 8.41. The molecule has 2 amide bonds. The molecular weight excluding hydrogens is 535 g/mol. The average molecular weight is 574 g/mol. The Morgan fingerprint density at radius 3 is 2.13 bits per heavy atom. The summed E-state index contributed by atoms with van der Waals surface area (Å²) in [5.41, 5.74) is 1.12. The molecule has 0 aromatic carbocycles. The van der Waals surface area contributed by atoms with Crippen molar-refractivity contribution in [3.8, 4) is 0 Å². The van der Waals surface area contributed by atoms with Gasteiger partial charge in [0, 0.05) is 57.1 Å². The molecule has 9 nitrogen and oxygen atoms in total. The van der Waals surface area contributed by atoms with Crippen LogP contribution in [0.1, 0.15) is 68.7 Å². The molecule has 2 fully saturated rings. The zero-order valence-corrected chi connectivity index (χ0v) is 23.9. The molecule has 0 spiro atoms. The van der Waals surface area contributed by atoms with E-state index in [1.165, 1.54) is 0 Å². The summed E-state index contributed by atoms with van der Waals surface area (Å²) >= 11 is 1.56. The molecule has 2 aliphatic rings. The van der Waals surface area contributed by atoms with Crippen molar-refractivity contribution in [1.82, 2.24) is 24.9 Å². The number of aryl methyl sites for hydroxylation is 1. The molecule has 4 rings (SSSR count). The molecule has 2 aromatic rings. The predicted molar refractivity (Wildman–Crippen MR) is 143 cm³/mol. The maximum atomic E-state index is 13.0. The number of fused-ring (bicyclic) bond motifs is 1. The van der Waals surface area contributed by atoms with Gasteiger partial charge in [0.2, 0.25) is 5.91 Å². The number of alkyl halides is 3. The fraction of sp³-hybridized carbons (Fsp3) is 0.692. The van der Waals surface area contributed by atoms with E-state index in [1.807, 2.05) is 17.9 Å². The van der Waals surface area contributed by atoms with Crippen LogP contribution in [0.2, 0.25) is 0 Å². The summed E-state index contributed by atoms with van der Waals surface area (Å²) in [5.74, 6) is -2.53. The van der Waals surface area contributed by atoms with Crippen molar-refractivity contribution in [3.63, 3.8) is 0 Å². The van der Waals surface area contributed by atoms with Gasteiger partial charge in [0.25, 0.3) is 5.91 Å². The smallest absolute Gasteiger partial charge is 0.475 e. The van der Waals surface area contributed by atoms with Crippen LogP contribution in [0.5, 0.6) is 0 Å². The summed E-state index contributed by atoms with van der Waals surface area (Å²) < 4.78 is 33.8. The van der Waals surface area contributed by atoms with E-state index in [2.05, 4.69) is 40.8 Å². The molecule has 1 aliphatic carbocycles. The average Bonchev–Trinajstić information content (AvgIpc) is 3.40. The van der Waals surface area contributed by atoms with Crippen molar-refractivity contribution in [1.29, 1.82) is 0 Å². The lowest BCUT2D eigenvalue weighted by molar-refractivity contribution is -0.192. The summed E-state index contributed by atoms with van der Waals surface area (Å²) in [7, 11) is 0. The molecule has 39 heavy (non-hydrogen) atoms. The molecule has 218 valence electrons. The van der Waals surface area contributed by atoms with Crippen LogP contribution >= 0.6 is 11.3 Å². The normalized spacial score (nSPS) is 20.9. The lowest BCUT2D eigenvalue weighted by atomic mass is 9.89. The summed E-state index contributed by atoms with van der Waals surface area (Å²) in [6.45, 7) is 14.7. The highest BCUT2D eigenvalue weighted by atomic mass is 32.1. The number of halogens is 3. The van der Waals surface area contributed by atoms with Gasteiger partial charge in [0.15, 0.2) is 0 Å². The number of carbonyl (C=O) groups excluding carboxylic acids is 2. The van der Waals surface area contributed by atoms with Gasteiger partial charge in [-0.1, -0.05) is 20.8 Å². The molecule has 2 aromatic heterocycles. The summed E-state index contributed by atoms with van der Waals surface area (Å²) in [6.07, 6.45) is -0.829. The minimum atomic E-state index is -5.08. The van der Waals surface area contributed by atoms with E-state index >= 15 is 0 Å². The molecular formula is C26H38F3N5O4S. The van der Waals surface area contributed by atoms with E-state index in [4.69, 9.17) is 9.90 Å². The number of rotatable bonds is 4. The van der Waals surface area contributed by atoms with Gasteiger partial charge in [-0.25, -0.2) is 4.79 Å². The van der Waals surface area contributed by atoms with Gasteiger partial charge in [-0.2, -0.15) is 18.3 Å². The van der Waals surface area contributed by atoms with Gasteiger partial charge in [-0.15, -0.1) is 11.3 Å². The van der Waals surface area contributed by atoms with Crippen LogP contribution in [0, 0.1) is 12.3 Å². The number of aliphatic carboxylic acids is 1. The summed E-state index contributed by atoms with van der Waals surface area (Å²) in [4.78, 5) is 39.8. The lowest BCUT2D eigenvalue weighted by Gasteiger charge is -2.41. The molecule has 2 N–H and O–H groups in total. The number of hydrogen-bond donors (Lipinski definition) is 2. The van der Waals surface area contributed by atoms with E-state index in [-0.39, 0.29) is 23.3 Å². The first kappa shape index (κ1) is 30.9. The highest BCUT2D eigenvalue weighted by Gasteiger charge is 2.38. The van der Waals surface area contributed by atoms with E-state index in [9.17, 15) is 22.8 Å². The second-order valence-corrected chi connectivity index (χ2v) is 12.5. The van der Waals surface area contributed by atoms with Crippen molar-refractivity contribution in [3.05, 3.63) is 16.6 Å². The van der Waals surface area contributed by atoms with Gasteiger partial charge >= 0.3 is 12.1 Å². The second kappa shape index (κ2) is 12.2. The number of carboxylic acid groups (broad SMARTS) is 1. The molecule has 3 heterocycles. The molecule has 13 heteroatoms. The van der Waals surface area contributed by atoms with Crippen molar-refractivity contribution in [2.24, 2.45) is 5.41 Å². The number of nitrogens with one attached hydrogen (secondary N) is 1. The van der Waals surface area contributed by atoms with Crippen LogP contribution in [0.3, 0.4) is 0 Å². The van der Waals surface area contributed by atoms with E-state index < -0.39 is 12.1 Å². The van der Waals surface area contributed by atoms with E-state index in [0.29, 0.717) is 6.04 Å². The zero-order chi connectivity index (χ0) is 29.1. The third-order valence-corrected chi connectivity index (χ3v) is 8.15. The van der Waals surface area contributed by atoms with Gasteiger partial charge in [0.05, 0.1) is 10.6 Å². The van der Waals surface area contributed by atoms with Crippen molar-refractivity contribution in [2.75, 3.05) is 26.2 Å². The molecule has 1 saturated carbocycles. The maximum Gasteiger partial charge on any atom is 0.490 e. The van der Waals surface area contributed by atoms with Crippen LogP contribution in [-0.2, 0) is 16.1 Å². The first-order valence-corrected chi connectivity index (χ1v) is 13.9. The molecule has 0 atom stereocenters. The number of piperazine rings is 1. The zero-order valence-electron chi connectivity index (χ0n) is 23.1. The van der Waals surface area contributed by atoms with Gasteiger partial charge in [-0.05, 0) is 44.1 Å². The Labute approximate surface area is 230 Å². The number of nitrogens with zero attached hydrogens (tertiary/aromatic N) is 4. The fourth-order valence-electron chi connectivity index (χ4n) is 5.02. The number of thiophene rings is 1. The van der Waals surface area contributed by atoms with Crippen molar-refractivity contribution < 1.29 is 32.7 Å². The Bertz CT molecular complexity index is 1170. The Morgan fingerprint density at radius 2 is 1.64 bits per heavy atom. The van der Waals surface area contributed by atoms with Crippen LogP contribution in [-0.4, -0.2) is 86.9 Å². The van der Waals surface area contributed by atoms with Crippen molar-refractivity contribution in [2.45, 2.75) is 85.1 Å². The SMILES string of the molecule is CC(=O)N1CCN(C2CCC(NC(=O)c3cc4c(C)nn(CC(C)(C)C)c4s3)CC2)CC1.O=C(O)C(F)(F)F. The standard InChI is InChI=1S/C24H37N5O2S.C2HF3O2/c1-16-20-14-21(32-23(20)29(26-16)15-24(3,4)5)22(31)25-18-6-8-19(9-7-18)28-12-10-27(11-13-28)17(2)30;3-2(4,5)1(6)7/h14,18-19H,6-13,15H2,1-5H3,(H,25,31);(H,6,7). The first-order valence-electron chi connectivity index (χ1n) is 13.1. The number of aromatic nitrogens is 2. The topological polar surface area (TPSA) is 108 Å². The minimum Gasteiger partial charge on any atom is -0.475 e. The Hall–Kier alpha value is -2.67. The maximum absolute atomic E-state index is 13.0. The van der Waals surface area contributed by atoms with Gasteiger partial charge in [0.1, 0.15) is 4.83 Å². The van der Waals surface area contributed by atoms with E-state index in [1.54, 1.807) is 18.3 Å². The third-order valence-electron chi connectivity index (χ3n) is 7.01. The van der Waals surface area contributed by atoms with Crippen LogP contribution in [0.25, 0.3) is 10.2 Å². The van der Waals surface area contributed by atoms with Gasteiger partial charge in [-0.3, -0.25) is 19.2 Å². The quantitative estimate of drug-likeness (QED) is 0.565. The number of carboxylic acids is 1. The largest absolute Gasteiger partial charge is 0.490 e. The molecule has 1 saturated heterocycles. The van der Waals surface area contributed by atoms with E-state index in [0.717, 1.165) is 79.2 Å². The van der Waals surface area contributed by atoms with Crippen LogP contribution in [0.4, 0.5) is 13.2 Å². The first-order chi connectivity index (χ1) is 18.0. The molecule has 0 bridgehead atoms. The summed E-state index contributed by atoms with van der Waals surface area (Å²) in [6, 6.07) is 2.83. The molecule has 1 aliphatic heterocycles. The van der Waals surface area contributed by atoms with Crippen LogP contribution in [0.15, 0.2) is 6.07 Å². The molecule has 0 unspecified atom stereocenters. The number of amides is 2. The van der Waals surface area contributed by atoms with Gasteiger partial charge < -0.3 is 15.3 Å². The minimum absolute atomic E-state index is 0.0476.